The zero-order chi connectivity index (χ0) is 37.0. The quantitative estimate of drug-likeness (QED) is 0.0687. The van der Waals surface area contributed by atoms with Gasteiger partial charge in [-0.2, -0.15) is 4.98 Å². The summed E-state index contributed by atoms with van der Waals surface area (Å²) in [4.78, 5) is 43.9. The molecule has 1 aliphatic heterocycles. The molecule has 4 amide bonds. The number of hydrogen-bond donors (Lipinski definition) is 4. The van der Waals surface area contributed by atoms with E-state index in [1.807, 2.05) is 39.3 Å². The number of urea groups is 2. The normalized spacial score (nSPS) is 17.4. The number of carbonyl (C=O) groups is 2. The van der Waals surface area contributed by atoms with Crippen molar-refractivity contribution < 1.29 is 35.7 Å². The molecule has 20 heteroatoms. The van der Waals surface area contributed by atoms with E-state index in [4.69, 9.17) is 21.2 Å². The summed E-state index contributed by atoms with van der Waals surface area (Å²) in [5.41, 5.74) is 0.923. The summed E-state index contributed by atoms with van der Waals surface area (Å²) in [7, 11) is -9.72. The van der Waals surface area contributed by atoms with E-state index >= 15 is 0 Å². The van der Waals surface area contributed by atoms with E-state index in [9.17, 15) is 19.7 Å². The van der Waals surface area contributed by atoms with Crippen LogP contribution in [0.1, 0.15) is 43.4 Å². The lowest BCUT2D eigenvalue weighted by molar-refractivity contribution is -0.385. The average molecular weight is 768 g/mol. The minimum Gasteiger partial charge on any atom is -0.472 e. The molecule has 4 N–H and O–H groups in total. The fourth-order valence-electron chi connectivity index (χ4n) is 5.87. The Kier molecular flexibility index (Phi) is 15.1. The molecule has 2 heterocycles. The van der Waals surface area contributed by atoms with Gasteiger partial charge >= 0.3 is 46.3 Å². The first-order valence-electron chi connectivity index (χ1n) is 16.9. The molecule has 278 valence electrons. The Balaban J connectivity index is 1.26. The average Bonchev–Trinajstić information content (AvgIpc) is 2.97. The van der Waals surface area contributed by atoms with Gasteiger partial charge in [-0.1, -0.05) is 25.0 Å². The van der Waals surface area contributed by atoms with Crippen molar-refractivity contribution in [3.63, 3.8) is 0 Å². The summed E-state index contributed by atoms with van der Waals surface area (Å²) in [6.07, 6.45) is 4.09. The molecule has 50 heavy (non-hydrogen) atoms. The summed E-state index contributed by atoms with van der Waals surface area (Å²) >= 11 is 0. The number of aryl methyl sites for hydroxylation is 1. The second-order valence-corrected chi connectivity index (χ2v) is 28.1. The summed E-state index contributed by atoms with van der Waals surface area (Å²) < 4.78 is 31.6. The summed E-state index contributed by atoms with van der Waals surface area (Å²) in [5, 5.41) is 22.4. The monoisotopic (exact) mass is 767 g/mol. The molecule has 0 atom stereocenters. The van der Waals surface area contributed by atoms with Crippen LogP contribution >= 0.6 is 0 Å². The number of nitro benzene ring substituents is 1. The van der Waals surface area contributed by atoms with Crippen molar-refractivity contribution in [3.05, 3.63) is 51.7 Å². The molecule has 0 saturated carbocycles. The molecule has 0 aliphatic carbocycles. The number of carbonyl (C=O) groups excluding carboxylic acids is 2. The lowest BCUT2D eigenvalue weighted by Crippen LogP contribution is -2.65. The summed E-state index contributed by atoms with van der Waals surface area (Å²) in [6.45, 7) is 17.5. The second kappa shape index (κ2) is 18.3. The number of nitrogens with one attached hydrogen (secondary N) is 4. The maximum atomic E-state index is 12.4. The number of unbranched alkanes of at least 4 members (excludes halogenated alkanes) is 3. The molecule has 1 saturated heterocycles. The van der Waals surface area contributed by atoms with Gasteiger partial charge in [0.15, 0.2) is 0 Å². The zero-order valence-electron chi connectivity index (χ0n) is 30.5. The molecule has 1 fully saturated rings. The Morgan fingerprint density at radius 1 is 0.780 bits per heavy atom. The molecule has 0 radical (unpaired) electrons. The Bertz CT molecular complexity index is 1450. The van der Waals surface area contributed by atoms with Crippen molar-refractivity contribution >= 4 is 57.9 Å². The predicted octanol–water partition coefficient (Wildman–Crippen LogP) is 5.90. The predicted molar refractivity (Wildman–Crippen MR) is 199 cm³/mol. The second-order valence-electron chi connectivity index (χ2n) is 13.7. The third-order valence-corrected chi connectivity index (χ3v) is 23.8. The number of anilines is 1. The van der Waals surface area contributed by atoms with Gasteiger partial charge in [-0.25, -0.2) is 14.6 Å². The molecule has 0 spiro atoms. The Morgan fingerprint density at radius 2 is 1.32 bits per heavy atom. The minimum absolute atomic E-state index is 0.0452. The lowest BCUT2D eigenvalue weighted by Gasteiger charge is -2.47. The van der Waals surface area contributed by atoms with Crippen molar-refractivity contribution in [1.82, 2.24) is 25.9 Å². The number of rotatable bonds is 16. The molecule has 3 rings (SSSR count). The fraction of sp³-hybridized carbons (Fsp3) is 0.600. The highest BCUT2D eigenvalue weighted by Gasteiger charge is 2.52. The maximum absolute atomic E-state index is 12.4. The van der Waals surface area contributed by atoms with Crippen LogP contribution < -0.4 is 26.0 Å². The smallest absolute Gasteiger partial charge is 0.321 e. The van der Waals surface area contributed by atoms with Crippen LogP contribution in [0.2, 0.25) is 51.9 Å². The number of benzene rings is 1. The first kappa shape index (κ1) is 41.2. The van der Waals surface area contributed by atoms with Gasteiger partial charge in [-0.15, -0.1) is 0 Å². The molecule has 2 aromatic rings. The summed E-state index contributed by atoms with van der Waals surface area (Å²) in [6, 6.07) is 7.96. The number of ether oxygens (including phenoxy) is 1. The van der Waals surface area contributed by atoms with Gasteiger partial charge in [0.1, 0.15) is 6.61 Å². The highest BCUT2D eigenvalue weighted by molar-refractivity contribution is 6.93. The summed E-state index contributed by atoms with van der Waals surface area (Å²) in [5.74, 6) is 0.249. The third kappa shape index (κ3) is 14.9. The molecular weight excluding hydrogens is 715 g/mol. The van der Waals surface area contributed by atoms with Crippen LogP contribution in [-0.4, -0.2) is 80.8 Å². The highest BCUT2D eigenvalue weighted by Crippen LogP contribution is 2.33. The van der Waals surface area contributed by atoms with E-state index < -0.39 is 45.2 Å². The fourth-order valence-corrected chi connectivity index (χ4v) is 27.5. The SMILES string of the molecule is Cc1cc(OCc2ccccc2[N+](=O)[O-])nc(NC(=O)NCCCCCCNC(=O)NCCC[Si]2(C)O[Si](C)(C)O[Si](C)(C)O[Si](C)(C)O2)n1. The number of aromatic nitrogens is 2. The van der Waals surface area contributed by atoms with E-state index in [2.05, 4.69) is 37.8 Å². The standard InChI is InChI=1S/C30H53N7O9Si4/c1-24-22-27(42-23-25-16-11-12-17-26(25)37(40)41)35-28(34-24)36-30(39)33-19-14-10-9-13-18-31-29(38)32-20-15-21-50(8)45-48(4,5)43-47(2,3)44-49(6,7)46-50/h11-12,16-17,22H,9-10,13-15,18-21,23H2,1-8H3,(H2,31,32,38)(H2,33,34,35,36,39). The van der Waals surface area contributed by atoms with Crippen LogP contribution in [0.25, 0.3) is 0 Å². The van der Waals surface area contributed by atoms with E-state index in [1.54, 1.807) is 31.2 Å². The van der Waals surface area contributed by atoms with Crippen molar-refractivity contribution in [2.75, 3.05) is 25.0 Å². The van der Waals surface area contributed by atoms with Crippen molar-refractivity contribution in [3.8, 4) is 5.88 Å². The maximum Gasteiger partial charge on any atom is 0.321 e. The van der Waals surface area contributed by atoms with Crippen LogP contribution in [-0.2, 0) is 23.1 Å². The van der Waals surface area contributed by atoms with Crippen LogP contribution in [0.15, 0.2) is 30.3 Å². The van der Waals surface area contributed by atoms with Crippen molar-refractivity contribution in [1.29, 1.82) is 0 Å². The van der Waals surface area contributed by atoms with E-state index in [1.165, 1.54) is 6.07 Å². The number of nitrogens with zero attached hydrogens (tertiary/aromatic N) is 3. The zero-order valence-corrected chi connectivity index (χ0v) is 34.5. The van der Waals surface area contributed by atoms with Crippen LogP contribution in [0.4, 0.5) is 21.2 Å². The topological polar surface area (TPSA) is 197 Å². The first-order chi connectivity index (χ1) is 23.4. The molecule has 0 bridgehead atoms. The Hall–Kier alpha value is -3.25. The molecule has 1 aromatic carbocycles. The van der Waals surface area contributed by atoms with Gasteiger partial charge in [0.25, 0.3) is 5.69 Å². The van der Waals surface area contributed by atoms with Crippen LogP contribution in [0, 0.1) is 17.0 Å². The molecule has 16 nitrogen and oxygen atoms in total. The van der Waals surface area contributed by atoms with Gasteiger partial charge in [-0.05, 0) is 84.1 Å². The molecule has 1 aromatic heterocycles. The molecular formula is C30H53N7O9Si4. The number of amides is 4. The van der Waals surface area contributed by atoms with Crippen molar-refractivity contribution in [2.45, 2.75) is 97.5 Å². The van der Waals surface area contributed by atoms with Gasteiger partial charge in [0.2, 0.25) is 11.8 Å². The Labute approximate surface area is 298 Å². The van der Waals surface area contributed by atoms with Crippen LogP contribution in [0.5, 0.6) is 5.88 Å². The highest BCUT2D eigenvalue weighted by atomic mass is 28.5. The van der Waals surface area contributed by atoms with Gasteiger partial charge in [0.05, 0.1) is 10.5 Å². The van der Waals surface area contributed by atoms with Crippen molar-refractivity contribution in [2.24, 2.45) is 0 Å². The number of nitro groups is 1. The molecule has 1 aliphatic rings. The minimum atomic E-state index is -2.56. The van der Waals surface area contributed by atoms with E-state index in [0.717, 1.165) is 38.1 Å². The third-order valence-electron chi connectivity index (χ3n) is 7.29. The largest absolute Gasteiger partial charge is 0.472 e. The van der Waals surface area contributed by atoms with E-state index in [-0.39, 0.29) is 30.2 Å². The molecule has 0 unspecified atom stereocenters. The van der Waals surface area contributed by atoms with Gasteiger partial charge in [0, 0.05) is 37.5 Å². The van der Waals surface area contributed by atoms with Gasteiger partial charge in [-0.3, -0.25) is 15.4 Å². The first-order valence-corrected chi connectivity index (χ1v) is 27.9. The Morgan fingerprint density at radius 3 is 1.92 bits per heavy atom. The number of hydrogen-bond acceptors (Lipinski definition) is 11. The van der Waals surface area contributed by atoms with Crippen LogP contribution in [0.3, 0.4) is 0 Å². The number of para-hydroxylation sites is 1. The van der Waals surface area contributed by atoms with E-state index in [0.29, 0.717) is 30.9 Å². The lowest BCUT2D eigenvalue weighted by atomic mass is 10.2. The van der Waals surface area contributed by atoms with Gasteiger partial charge < -0.3 is 37.1 Å².